The van der Waals surface area contributed by atoms with E-state index in [4.69, 9.17) is 17.0 Å². The molecule has 2 aromatic rings. The molecule has 0 spiro atoms. The zero-order valence-corrected chi connectivity index (χ0v) is 11.7. The second-order valence-corrected chi connectivity index (χ2v) is 4.98. The predicted molar refractivity (Wildman–Crippen MR) is 73.2 cm³/mol. The zero-order chi connectivity index (χ0) is 14.8. The summed E-state index contributed by atoms with van der Waals surface area (Å²) >= 11 is 5.49. The number of thiocarbonyl (C=S) groups is 1. The highest BCUT2D eigenvalue weighted by atomic mass is 32.1. The first kappa shape index (κ1) is 14.7. The van der Waals surface area contributed by atoms with Gasteiger partial charge in [-0.2, -0.15) is 13.2 Å². The molecule has 1 aromatic carbocycles. The van der Waals surface area contributed by atoms with Gasteiger partial charge >= 0.3 is 6.18 Å². The molecule has 20 heavy (non-hydrogen) atoms. The third kappa shape index (κ3) is 3.42. The minimum atomic E-state index is -4.50. The van der Waals surface area contributed by atoms with Crippen LogP contribution in [0.2, 0.25) is 0 Å². The average molecular weight is 319 g/mol. The SMILES string of the molecule is COc1ccc(C(=S)Nc2nnc(C(F)(F)F)s2)cc1. The van der Waals surface area contributed by atoms with Crippen LogP contribution < -0.4 is 10.1 Å². The maximum absolute atomic E-state index is 12.4. The molecule has 9 heteroatoms. The molecule has 0 radical (unpaired) electrons. The first-order valence-electron chi connectivity index (χ1n) is 5.26. The Balaban J connectivity index is 2.09. The molecule has 0 fully saturated rings. The van der Waals surface area contributed by atoms with Crippen molar-refractivity contribution in [3.05, 3.63) is 34.8 Å². The van der Waals surface area contributed by atoms with Crippen molar-refractivity contribution < 1.29 is 17.9 Å². The number of rotatable bonds is 3. The van der Waals surface area contributed by atoms with Crippen LogP contribution in [-0.4, -0.2) is 22.3 Å². The van der Waals surface area contributed by atoms with Gasteiger partial charge in [0.1, 0.15) is 10.7 Å². The van der Waals surface area contributed by atoms with Gasteiger partial charge in [0.15, 0.2) is 0 Å². The lowest BCUT2D eigenvalue weighted by atomic mass is 10.2. The van der Waals surface area contributed by atoms with E-state index in [1.807, 2.05) is 0 Å². The third-order valence-corrected chi connectivity index (χ3v) is 3.46. The second-order valence-electron chi connectivity index (χ2n) is 3.59. The Morgan fingerprint density at radius 1 is 1.25 bits per heavy atom. The Hall–Kier alpha value is -1.74. The molecule has 0 aliphatic rings. The van der Waals surface area contributed by atoms with Crippen molar-refractivity contribution >= 4 is 33.7 Å². The van der Waals surface area contributed by atoms with Crippen LogP contribution in [0.15, 0.2) is 24.3 Å². The maximum atomic E-state index is 12.4. The molecule has 1 aromatic heterocycles. The van der Waals surface area contributed by atoms with Gasteiger partial charge in [0, 0.05) is 5.56 Å². The minimum Gasteiger partial charge on any atom is -0.497 e. The zero-order valence-electron chi connectivity index (χ0n) is 10.1. The largest absolute Gasteiger partial charge is 0.497 e. The molecule has 0 aliphatic heterocycles. The summed E-state index contributed by atoms with van der Waals surface area (Å²) in [4.78, 5) is 0.262. The van der Waals surface area contributed by atoms with E-state index < -0.39 is 11.2 Å². The Kier molecular flexibility index (Phi) is 4.19. The van der Waals surface area contributed by atoms with Crippen LogP contribution in [-0.2, 0) is 6.18 Å². The minimum absolute atomic E-state index is 0.00172. The molecule has 4 nitrogen and oxygen atoms in total. The third-order valence-electron chi connectivity index (χ3n) is 2.24. The number of ether oxygens (including phenoxy) is 1. The molecule has 0 aliphatic carbocycles. The van der Waals surface area contributed by atoms with Gasteiger partial charge in [-0.1, -0.05) is 23.6 Å². The Morgan fingerprint density at radius 3 is 2.40 bits per heavy atom. The maximum Gasteiger partial charge on any atom is 0.445 e. The van der Waals surface area contributed by atoms with Gasteiger partial charge in [-0.15, -0.1) is 10.2 Å². The highest BCUT2D eigenvalue weighted by Crippen LogP contribution is 2.33. The van der Waals surface area contributed by atoms with Gasteiger partial charge in [0.05, 0.1) is 7.11 Å². The molecule has 0 atom stereocenters. The number of alkyl halides is 3. The molecule has 0 saturated carbocycles. The summed E-state index contributed by atoms with van der Waals surface area (Å²) in [6, 6.07) is 6.79. The number of methoxy groups -OCH3 is 1. The topological polar surface area (TPSA) is 47.0 Å². The first-order valence-corrected chi connectivity index (χ1v) is 6.49. The lowest BCUT2D eigenvalue weighted by Crippen LogP contribution is -2.10. The van der Waals surface area contributed by atoms with Crippen molar-refractivity contribution in [1.29, 1.82) is 0 Å². The molecule has 106 valence electrons. The molecule has 0 saturated heterocycles. The van der Waals surface area contributed by atoms with E-state index in [9.17, 15) is 13.2 Å². The van der Waals surface area contributed by atoms with Crippen LogP contribution in [0.25, 0.3) is 0 Å². The van der Waals surface area contributed by atoms with Gasteiger partial charge in [-0.3, -0.25) is 0 Å². The van der Waals surface area contributed by atoms with E-state index in [1.165, 1.54) is 7.11 Å². The quantitative estimate of drug-likeness (QED) is 0.879. The summed E-state index contributed by atoms with van der Waals surface area (Å²) in [5.41, 5.74) is 0.643. The standard InChI is InChI=1S/C11H8F3N3OS2/c1-18-7-4-2-6(3-5-7)8(19)15-10-17-16-9(20-10)11(12,13)14/h2-5H,1H3,(H,15,17,19). The highest BCUT2D eigenvalue weighted by molar-refractivity contribution is 7.81. The number of hydrogen-bond donors (Lipinski definition) is 1. The highest BCUT2D eigenvalue weighted by Gasteiger charge is 2.35. The van der Waals surface area contributed by atoms with E-state index in [1.54, 1.807) is 24.3 Å². The smallest absolute Gasteiger partial charge is 0.445 e. The average Bonchev–Trinajstić information content (AvgIpc) is 2.87. The number of anilines is 1. The number of aromatic nitrogens is 2. The van der Waals surface area contributed by atoms with Gasteiger partial charge in [0.25, 0.3) is 0 Å². The van der Waals surface area contributed by atoms with Crippen molar-refractivity contribution in [1.82, 2.24) is 10.2 Å². The normalized spacial score (nSPS) is 11.2. The molecular weight excluding hydrogens is 311 g/mol. The molecule has 0 bridgehead atoms. The van der Waals surface area contributed by atoms with E-state index in [0.29, 0.717) is 22.6 Å². The number of hydrogen-bond acceptors (Lipinski definition) is 5. The summed E-state index contributed by atoms with van der Waals surface area (Å²) in [5.74, 6) is 0.659. The van der Waals surface area contributed by atoms with Gasteiger partial charge in [-0.25, -0.2) is 0 Å². The predicted octanol–water partition coefficient (Wildman–Crippen LogP) is 3.35. The van der Waals surface area contributed by atoms with Crippen molar-refractivity contribution in [3.63, 3.8) is 0 Å². The second kappa shape index (κ2) is 5.71. The van der Waals surface area contributed by atoms with Crippen molar-refractivity contribution in [2.45, 2.75) is 6.18 Å². The van der Waals surface area contributed by atoms with Crippen LogP contribution in [0, 0.1) is 0 Å². The van der Waals surface area contributed by atoms with Crippen LogP contribution in [0.5, 0.6) is 5.75 Å². The monoisotopic (exact) mass is 319 g/mol. The lowest BCUT2D eigenvalue weighted by molar-refractivity contribution is -0.138. The van der Waals surface area contributed by atoms with Gasteiger partial charge in [0.2, 0.25) is 10.1 Å². The molecule has 1 heterocycles. The van der Waals surface area contributed by atoms with Crippen molar-refractivity contribution in [2.24, 2.45) is 0 Å². The molecule has 2 rings (SSSR count). The van der Waals surface area contributed by atoms with Gasteiger partial charge in [-0.05, 0) is 24.3 Å². The molecule has 0 unspecified atom stereocenters. The number of halogens is 3. The fourth-order valence-corrected chi connectivity index (χ4v) is 2.21. The van der Waals surface area contributed by atoms with Crippen LogP contribution in [0.4, 0.5) is 18.3 Å². The molecular formula is C11H8F3N3OS2. The summed E-state index contributed by atoms with van der Waals surface area (Å²) in [7, 11) is 1.53. The Labute approximate surface area is 121 Å². The molecule has 0 amide bonds. The van der Waals surface area contributed by atoms with Crippen molar-refractivity contribution in [3.8, 4) is 5.75 Å². The fourth-order valence-electron chi connectivity index (χ4n) is 1.30. The molecule has 1 N–H and O–H groups in total. The first-order chi connectivity index (χ1) is 9.40. The summed E-state index contributed by atoms with van der Waals surface area (Å²) in [6.45, 7) is 0. The summed E-state index contributed by atoms with van der Waals surface area (Å²) in [6.07, 6.45) is -4.50. The van der Waals surface area contributed by atoms with Gasteiger partial charge < -0.3 is 10.1 Å². The van der Waals surface area contributed by atoms with Crippen LogP contribution >= 0.6 is 23.6 Å². The lowest BCUT2D eigenvalue weighted by Gasteiger charge is -2.05. The van der Waals surface area contributed by atoms with E-state index in [-0.39, 0.29) is 10.1 Å². The summed E-state index contributed by atoms with van der Waals surface area (Å²) in [5, 5.41) is 8.08. The number of nitrogens with zero attached hydrogens (tertiary/aromatic N) is 2. The Morgan fingerprint density at radius 2 is 1.90 bits per heavy atom. The Bertz CT molecular complexity index is 610. The van der Waals surface area contributed by atoms with Crippen molar-refractivity contribution in [2.75, 3.05) is 12.4 Å². The van der Waals surface area contributed by atoms with Crippen LogP contribution in [0.1, 0.15) is 10.6 Å². The fraction of sp³-hybridized carbons (Fsp3) is 0.182. The van der Waals surface area contributed by atoms with E-state index >= 15 is 0 Å². The van der Waals surface area contributed by atoms with E-state index in [2.05, 4.69) is 15.5 Å². The summed E-state index contributed by atoms with van der Waals surface area (Å²) < 4.78 is 42.1. The van der Waals surface area contributed by atoms with Crippen LogP contribution in [0.3, 0.4) is 0 Å². The number of benzene rings is 1. The van der Waals surface area contributed by atoms with E-state index in [0.717, 1.165) is 0 Å². The number of nitrogens with one attached hydrogen (secondary N) is 1.